The topological polar surface area (TPSA) is 91.0 Å². The number of benzene rings is 2. The second-order valence-corrected chi connectivity index (χ2v) is 8.71. The molecular weight excluding hydrogens is 432 g/mol. The minimum absolute atomic E-state index is 0.0777. The summed E-state index contributed by atoms with van der Waals surface area (Å²) < 4.78 is 5.26. The van der Waals surface area contributed by atoms with Gasteiger partial charge in [-0.15, -0.1) is 0 Å². The molecule has 2 aromatic rings. The van der Waals surface area contributed by atoms with E-state index in [1.165, 1.54) is 0 Å². The first-order valence-electron chi connectivity index (χ1n) is 11.9. The normalized spacial score (nSPS) is 17.0. The highest BCUT2D eigenvalue weighted by atomic mass is 16.5. The first-order valence-corrected chi connectivity index (χ1v) is 11.9. The van der Waals surface area contributed by atoms with Crippen molar-refractivity contribution >= 4 is 23.4 Å². The Balaban J connectivity index is 1.28. The van der Waals surface area contributed by atoms with Crippen LogP contribution in [0.4, 0.5) is 5.69 Å². The molecule has 0 bridgehead atoms. The summed E-state index contributed by atoms with van der Waals surface area (Å²) in [6.07, 6.45) is 3.73. The molecule has 2 saturated heterocycles. The number of likely N-dealkylation sites (tertiary alicyclic amines) is 1. The molecule has 0 radical (unpaired) electrons. The number of carbonyl (C=O) groups is 3. The molecule has 180 valence electrons. The Hall–Kier alpha value is -3.39. The molecule has 2 N–H and O–H groups in total. The molecule has 0 aliphatic carbocycles. The Bertz CT molecular complexity index is 1000. The molecule has 2 aliphatic heterocycles. The zero-order valence-electron chi connectivity index (χ0n) is 19.6. The third kappa shape index (κ3) is 5.75. The van der Waals surface area contributed by atoms with Crippen LogP contribution >= 0.6 is 0 Å². The fourth-order valence-electron chi connectivity index (χ4n) is 4.59. The number of ether oxygens (including phenoxy) is 1. The molecule has 1 unspecified atom stereocenters. The lowest BCUT2D eigenvalue weighted by Crippen LogP contribution is -2.41. The number of hydrogen-bond acceptors (Lipinski definition) is 5. The molecule has 0 spiro atoms. The number of amides is 3. The van der Waals surface area contributed by atoms with Crippen molar-refractivity contribution < 1.29 is 19.1 Å². The summed E-state index contributed by atoms with van der Waals surface area (Å²) in [4.78, 5) is 41.0. The average molecular weight is 465 g/mol. The van der Waals surface area contributed by atoms with Crippen LogP contribution in [0, 0.1) is 0 Å². The van der Waals surface area contributed by atoms with Crippen molar-refractivity contribution in [3.63, 3.8) is 0 Å². The van der Waals surface area contributed by atoms with Crippen molar-refractivity contribution in [3.05, 3.63) is 59.7 Å². The maximum absolute atomic E-state index is 12.5. The highest BCUT2D eigenvalue weighted by Crippen LogP contribution is 2.26. The summed E-state index contributed by atoms with van der Waals surface area (Å²) in [6.45, 7) is 3.09. The molecule has 8 nitrogen and oxygen atoms in total. The standard InChI is InChI=1S/C26H32N4O4/c1-34-22-12-8-19(9-13-22)23(29-14-2-3-15-29)17-27-24(31)18-28-26(33)20-6-10-21(11-7-20)30-16-4-5-25(30)32/h6-13,23H,2-5,14-18H2,1H3,(H,27,31)(H,28,33). The van der Waals surface area contributed by atoms with Crippen LogP contribution in [0.5, 0.6) is 5.75 Å². The largest absolute Gasteiger partial charge is 0.497 e. The second-order valence-electron chi connectivity index (χ2n) is 8.71. The van der Waals surface area contributed by atoms with Crippen molar-refractivity contribution in [1.29, 1.82) is 0 Å². The summed E-state index contributed by atoms with van der Waals surface area (Å²) in [6, 6.07) is 14.9. The van der Waals surface area contributed by atoms with Gasteiger partial charge >= 0.3 is 0 Å². The summed E-state index contributed by atoms with van der Waals surface area (Å²) in [5.74, 6) is 0.359. The zero-order valence-corrected chi connectivity index (χ0v) is 19.6. The number of nitrogens with one attached hydrogen (secondary N) is 2. The van der Waals surface area contributed by atoms with Crippen LogP contribution in [0.3, 0.4) is 0 Å². The van der Waals surface area contributed by atoms with Crippen LogP contribution in [-0.4, -0.2) is 62.5 Å². The van der Waals surface area contributed by atoms with Crippen LogP contribution in [0.25, 0.3) is 0 Å². The van der Waals surface area contributed by atoms with Crippen molar-refractivity contribution in [3.8, 4) is 5.75 Å². The highest BCUT2D eigenvalue weighted by molar-refractivity contribution is 5.98. The van der Waals surface area contributed by atoms with Crippen LogP contribution < -0.4 is 20.3 Å². The lowest BCUT2D eigenvalue weighted by atomic mass is 10.1. The van der Waals surface area contributed by atoms with Gasteiger partial charge in [0.15, 0.2) is 0 Å². The predicted octanol–water partition coefficient (Wildman–Crippen LogP) is 2.51. The molecule has 1 atom stereocenters. The zero-order chi connectivity index (χ0) is 23.9. The van der Waals surface area contributed by atoms with Crippen molar-refractivity contribution in [1.82, 2.24) is 15.5 Å². The van der Waals surface area contributed by atoms with E-state index in [1.54, 1.807) is 36.3 Å². The highest BCUT2D eigenvalue weighted by Gasteiger charge is 2.24. The lowest BCUT2D eigenvalue weighted by Gasteiger charge is -2.28. The Morgan fingerprint density at radius 3 is 2.26 bits per heavy atom. The summed E-state index contributed by atoms with van der Waals surface area (Å²) in [5, 5.41) is 5.66. The molecule has 4 rings (SSSR count). The Kier molecular flexibility index (Phi) is 7.80. The molecular formula is C26H32N4O4. The maximum Gasteiger partial charge on any atom is 0.251 e. The molecule has 2 fully saturated rings. The summed E-state index contributed by atoms with van der Waals surface area (Å²) >= 11 is 0. The second kappa shape index (κ2) is 11.2. The Morgan fingerprint density at radius 2 is 1.65 bits per heavy atom. The number of methoxy groups -OCH3 is 1. The summed E-state index contributed by atoms with van der Waals surface area (Å²) in [7, 11) is 1.64. The SMILES string of the molecule is COc1ccc(C(CNC(=O)CNC(=O)c2ccc(N3CCCC3=O)cc2)N2CCCC2)cc1. The van der Waals surface area contributed by atoms with Gasteiger partial charge < -0.3 is 20.3 Å². The minimum Gasteiger partial charge on any atom is -0.497 e. The molecule has 3 amide bonds. The van der Waals surface area contributed by atoms with Gasteiger partial charge in [0.05, 0.1) is 19.7 Å². The predicted molar refractivity (Wildman–Crippen MR) is 130 cm³/mol. The van der Waals surface area contributed by atoms with Gasteiger partial charge in [-0.2, -0.15) is 0 Å². The third-order valence-corrected chi connectivity index (χ3v) is 6.50. The van der Waals surface area contributed by atoms with E-state index in [1.807, 2.05) is 24.3 Å². The van der Waals surface area contributed by atoms with Gasteiger partial charge in [-0.25, -0.2) is 0 Å². The van der Waals surface area contributed by atoms with Gasteiger partial charge in [0.2, 0.25) is 11.8 Å². The molecule has 2 aliphatic rings. The van der Waals surface area contributed by atoms with E-state index < -0.39 is 0 Å². The van der Waals surface area contributed by atoms with E-state index in [4.69, 9.17) is 4.74 Å². The molecule has 0 saturated carbocycles. The molecule has 0 aromatic heterocycles. The number of carbonyl (C=O) groups excluding carboxylic acids is 3. The average Bonchev–Trinajstić information content (AvgIpc) is 3.55. The van der Waals surface area contributed by atoms with Crippen LogP contribution in [-0.2, 0) is 9.59 Å². The fraction of sp³-hybridized carbons (Fsp3) is 0.423. The van der Waals surface area contributed by atoms with Gasteiger partial charge in [0.1, 0.15) is 5.75 Å². The van der Waals surface area contributed by atoms with Gasteiger partial charge in [0, 0.05) is 30.8 Å². The van der Waals surface area contributed by atoms with Gasteiger partial charge in [-0.05, 0) is 74.3 Å². The van der Waals surface area contributed by atoms with Crippen LogP contribution in [0.2, 0.25) is 0 Å². The van der Waals surface area contributed by atoms with E-state index in [2.05, 4.69) is 15.5 Å². The Morgan fingerprint density at radius 1 is 0.941 bits per heavy atom. The van der Waals surface area contributed by atoms with Gasteiger partial charge in [-0.3, -0.25) is 19.3 Å². The van der Waals surface area contributed by atoms with E-state index >= 15 is 0 Å². The van der Waals surface area contributed by atoms with Gasteiger partial charge in [0.25, 0.3) is 5.91 Å². The quantitative estimate of drug-likeness (QED) is 0.595. The molecule has 2 heterocycles. The maximum atomic E-state index is 12.5. The Labute approximate surface area is 200 Å². The number of nitrogens with zero attached hydrogens (tertiary/aromatic N) is 2. The number of anilines is 1. The van der Waals surface area contributed by atoms with E-state index in [-0.39, 0.29) is 30.3 Å². The first-order chi connectivity index (χ1) is 16.5. The van der Waals surface area contributed by atoms with Crippen molar-refractivity contribution in [2.75, 3.05) is 44.7 Å². The summed E-state index contributed by atoms with van der Waals surface area (Å²) in [5.41, 5.74) is 2.38. The van der Waals surface area contributed by atoms with E-state index in [0.29, 0.717) is 25.1 Å². The van der Waals surface area contributed by atoms with E-state index in [9.17, 15) is 14.4 Å². The van der Waals surface area contributed by atoms with Crippen molar-refractivity contribution in [2.45, 2.75) is 31.7 Å². The van der Waals surface area contributed by atoms with E-state index in [0.717, 1.165) is 49.4 Å². The molecule has 34 heavy (non-hydrogen) atoms. The lowest BCUT2D eigenvalue weighted by molar-refractivity contribution is -0.120. The van der Waals surface area contributed by atoms with Crippen LogP contribution in [0.15, 0.2) is 48.5 Å². The smallest absolute Gasteiger partial charge is 0.251 e. The van der Waals surface area contributed by atoms with Crippen molar-refractivity contribution in [2.24, 2.45) is 0 Å². The number of hydrogen-bond donors (Lipinski definition) is 2. The minimum atomic E-state index is -0.319. The number of rotatable bonds is 9. The monoisotopic (exact) mass is 464 g/mol. The third-order valence-electron chi connectivity index (χ3n) is 6.50. The fourth-order valence-corrected chi connectivity index (χ4v) is 4.59. The first kappa shape index (κ1) is 23.8. The van der Waals surface area contributed by atoms with Gasteiger partial charge in [-0.1, -0.05) is 12.1 Å². The van der Waals surface area contributed by atoms with Crippen LogP contribution in [0.1, 0.15) is 47.6 Å². The molecule has 8 heteroatoms. The molecule has 2 aromatic carbocycles.